The van der Waals surface area contributed by atoms with Gasteiger partial charge >= 0.3 is 0 Å². The molecule has 36 heavy (non-hydrogen) atoms. The molecule has 0 amide bonds. The second-order valence-electron chi connectivity index (χ2n) is 9.49. The van der Waals surface area contributed by atoms with Gasteiger partial charge in [0.05, 0.1) is 11.4 Å². The van der Waals surface area contributed by atoms with E-state index in [1.165, 1.54) is 12.0 Å². The highest BCUT2D eigenvalue weighted by molar-refractivity contribution is 5.79. The lowest BCUT2D eigenvalue weighted by Gasteiger charge is -2.38. The summed E-state index contributed by atoms with van der Waals surface area (Å²) < 4.78 is 2.00. The molecule has 4 nitrogen and oxygen atoms in total. The van der Waals surface area contributed by atoms with Gasteiger partial charge in [-0.1, -0.05) is 103 Å². The van der Waals surface area contributed by atoms with E-state index < -0.39 is 0 Å². The molecule has 5 aromatic rings. The van der Waals surface area contributed by atoms with Crippen LogP contribution in [0.25, 0.3) is 41.3 Å². The van der Waals surface area contributed by atoms with E-state index in [1.54, 1.807) is 0 Å². The lowest BCUT2D eigenvalue weighted by Crippen LogP contribution is -2.43. The van der Waals surface area contributed by atoms with Gasteiger partial charge < -0.3 is 5.73 Å². The average Bonchev–Trinajstić information content (AvgIpc) is 3.32. The van der Waals surface area contributed by atoms with E-state index in [0.29, 0.717) is 5.78 Å². The molecule has 3 aromatic carbocycles. The minimum absolute atomic E-state index is 0.172. The van der Waals surface area contributed by atoms with E-state index in [-0.39, 0.29) is 5.54 Å². The first kappa shape index (κ1) is 22.2. The second-order valence-corrected chi connectivity index (χ2v) is 9.49. The number of benzene rings is 3. The average molecular weight is 469 g/mol. The molecular weight excluding hydrogens is 440 g/mol. The molecule has 6 rings (SSSR count). The fraction of sp³-hybridized carbons (Fsp3) is 0.125. The zero-order valence-electron chi connectivity index (χ0n) is 20.1. The van der Waals surface area contributed by atoms with Crippen LogP contribution < -0.4 is 5.73 Å². The van der Waals surface area contributed by atoms with E-state index in [2.05, 4.69) is 73.0 Å². The molecule has 0 unspecified atom stereocenters. The molecule has 1 fully saturated rings. The van der Waals surface area contributed by atoms with Crippen LogP contribution in [0.3, 0.4) is 0 Å². The highest BCUT2D eigenvalue weighted by Crippen LogP contribution is 2.39. The molecular formula is C32H28N4. The van der Waals surface area contributed by atoms with Gasteiger partial charge in [0.1, 0.15) is 0 Å². The zero-order valence-corrected chi connectivity index (χ0v) is 20.1. The van der Waals surface area contributed by atoms with Crippen molar-refractivity contribution in [1.82, 2.24) is 14.4 Å². The lowest BCUT2D eigenvalue weighted by molar-refractivity contribution is 0.253. The summed E-state index contributed by atoms with van der Waals surface area (Å²) >= 11 is 0. The van der Waals surface area contributed by atoms with Gasteiger partial charge in [-0.25, -0.2) is 9.97 Å². The molecule has 0 spiro atoms. The van der Waals surface area contributed by atoms with Crippen LogP contribution in [0.2, 0.25) is 0 Å². The van der Waals surface area contributed by atoms with Crippen LogP contribution in [0.15, 0.2) is 97.3 Å². The first-order valence-electron chi connectivity index (χ1n) is 12.4. The fourth-order valence-corrected chi connectivity index (χ4v) is 4.69. The predicted molar refractivity (Wildman–Crippen MR) is 149 cm³/mol. The maximum Gasteiger partial charge on any atom is 0.234 e. The Morgan fingerprint density at radius 1 is 0.694 bits per heavy atom. The smallest absolute Gasteiger partial charge is 0.234 e. The molecule has 0 atom stereocenters. The molecule has 0 radical (unpaired) electrons. The number of hydrogen-bond acceptors (Lipinski definition) is 3. The number of rotatable bonds is 6. The Morgan fingerprint density at radius 3 is 1.94 bits per heavy atom. The van der Waals surface area contributed by atoms with E-state index in [0.717, 1.165) is 46.5 Å². The van der Waals surface area contributed by atoms with Crippen LogP contribution in [-0.2, 0) is 5.54 Å². The third-order valence-corrected chi connectivity index (χ3v) is 6.97. The zero-order chi connectivity index (χ0) is 24.4. The van der Waals surface area contributed by atoms with Gasteiger partial charge in [-0.3, -0.25) is 4.40 Å². The van der Waals surface area contributed by atoms with E-state index in [4.69, 9.17) is 15.7 Å². The van der Waals surface area contributed by atoms with Crippen molar-refractivity contribution in [2.45, 2.75) is 24.8 Å². The monoisotopic (exact) mass is 468 g/mol. The van der Waals surface area contributed by atoms with Crippen molar-refractivity contribution in [2.24, 2.45) is 5.73 Å². The van der Waals surface area contributed by atoms with Crippen LogP contribution >= 0.6 is 0 Å². The number of aromatic nitrogens is 3. The van der Waals surface area contributed by atoms with Gasteiger partial charge in [0.2, 0.25) is 5.78 Å². The Hall–Kier alpha value is -4.28. The van der Waals surface area contributed by atoms with Gasteiger partial charge in [-0.15, -0.1) is 0 Å². The lowest BCUT2D eigenvalue weighted by atomic mass is 9.72. The number of nitrogens with zero attached hydrogens (tertiary/aromatic N) is 3. The minimum atomic E-state index is -0.172. The number of imidazole rings is 1. The van der Waals surface area contributed by atoms with Crippen molar-refractivity contribution in [1.29, 1.82) is 0 Å². The van der Waals surface area contributed by atoms with Gasteiger partial charge in [-0.05, 0) is 42.0 Å². The van der Waals surface area contributed by atoms with Crippen LogP contribution in [0.4, 0.5) is 0 Å². The number of hydrogen-bond donors (Lipinski definition) is 1. The SMILES string of the molecule is NC1(c2ccc(-c3nc4nc(C=Cc5ccccc5)cn4cc3C=Cc3ccccc3)cc2)CCC1. The number of fused-ring (bicyclic) bond motifs is 1. The Morgan fingerprint density at radius 2 is 1.33 bits per heavy atom. The van der Waals surface area contributed by atoms with Crippen molar-refractivity contribution in [3.8, 4) is 11.3 Å². The summed E-state index contributed by atoms with van der Waals surface area (Å²) in [5.41, 5.74) is 13.7. The molecule has 4 heteroatoms. The second kappa shape index (κ2) is 9.40. The van der Waals surface area contributed by atoms with E-state index >= 15 is 0 Å². The number of nitrogens with two attached hydrogens (primary N) is 1. The van der Waals surface area contributed by atoms with Crippen molar-refractivity contribution < 1.29 is 0 Å². The Labute approximate surface area is 211 Å². The van der Waals surface area contributed by atoms with Gasteiger partial charge in [0.15, 0.2) is 0 Å². The topological polar surface area (TPSA) is 56.2 Å². The Bertz CT molecular complexity index is 1540. The highest BCUT2D eigenvalue weighted by atomic mass is 15.1. The van der Waals surface area contributed by atoms with Crippen molar-refractivity contribution in [3.63, 3.8) is 0 Å². The summed E-state index contributed by atoms with van der Waals surface area (Å²) in [6, 6.07) is 29.1. The minimum Gasteiger partial charge on any atom is -0.321 e. The fourth-order valence-electron chi connectivity index (χ4n) is 4.69. The molecule has 2 aromatic heterocycles. The molecule has 2 N–H and O–H groups in total. The van der Waals surface area contributed by atoms with Gasteiger partial charge in [-0.2, -0.15) is 0 Å². The van der Waals surface area contributed by atoms with E-state index in [9.17, 15) is 0 Å². The summed E-state index contributed by atoms with van der Waals surface area (Å²) in [6.07, 6.45) is 15.8. The summed E-state index contributed by atoms with van der Waals surface area (Å²) in [5.74, 6) is 0.674. The normalized spacial score (nSPS) is 15.0. The molecule has 0 bridgehead atoms. The third-order valence-electron chi connectivity index (χ3n) is 6.97. The molecule has 176 valence electrons. The molecule has 0 aliphatic heterocycles. The molecule has 0 saturated heterocycles. The Kier molecular flexibility index (Phi) is 5.80. The summed E-state index contributed by atoms with van der Waals surface area (Å²) in [5, 5.41) is 0. The predicted octanol–water partition coefficient (Wildman–Crippen LogP) is 7.08. The summed E-state index contributed by atoms with van der Waals surface area (Å²) in [6.45, 7) is 0. The van der Waals surface area contributed by atoms with Crippen molar-refractivity contribution in [3.05, 3.63) is 125 Å². The van der Waals surface area contributed by atoms with E-state index in [1.807, 2.05) is 53.1 Å². The van der Waals surface area contributed by atoms with Gasteiger partial charge in [0, 0.05) is 29.1 Å². The molecule has 1 saturated carbocycles. The van der Waals surface area contributed by atoms with Gasteiger partial charge in [0.25, 0.3) is 0 Å². The van der Waals surface area contributed by atoms with Crippen molar-refractivity contribution >= 4 is 30.1 Å². The summed E-state index contributed by atoms with van der Waals surface area (Å²) in [4.78, 5) is 9.77. The van der Waals surface area contributed by atoms with Crippen LogP contribution in [0.5, 0.6) is 0 Å². The van der Waals surface area contributed by atoms with Crippen molar-refractivity contribution in [2.75, 3.05) is 0 Å². The van der Waals surface area contributed by atoms with Crippen LogP contribution in [0, 0.1) is 0 Å². The highest BCUT2D eigenvalue weighted by Gasteiger charge is 2.34. The largest absolute Gasteiger partial charge is 0.321 e. The quantitative estimate of drug-likeness (QED) is 0.290. The summed E-state index contributed by atoms with van der Waals surface area (Å²) in [7, 11) is 0. The third kappa shape index (κ3) is 4.51. The van der Waals surface area contributed by atoms with Crippen LogP contribution in [0.1, 0.15) is 47.2 Å². The first-order chi connectivity index (χ1) is 17.7. The molecule has 2 heterocycles. The molecule has 1 aliphatic rings. The Balaban J connectivity index is 1.40. The standard InChI is InChI=1S/C32H28N4/c33-32(20-7-21-32)28-17-15-26(16-18-28)30-27(14-12-24-8-3-1-4-9-24)22-36-23-29(34-31(36)35-30)19-13-25-10-5-2-6-11-25/h1-6,8-19,22-23H,7,20-21,33H2. The maximum atomic E-state index is 6.56. The molecule has 1 aliphatic carbocycles. The maximum absolute atomic E-state index is 6.56. The van der Waals surface area contributed by atoms with Crippen LogP contribution in [-0.4, -0.2) is 14.4 Å². The first-order valence-corrected chi connectivity index (χ1v) is 12.4.